The minimum Gasteiger partial charge on any atom is -0.450 e. The summed E-state index contributed by atoms with van der Waals surface area (Å²) in [6, 6.07) is 0.0236. The topological polar surface area (TPSA) is 58.6 Å². The van der Waals surface area contributed by atoms with Crippen LogP contribution < -0.4 is 5.32 Å². The Bertz CT molecular complexity index is 342. The average Bonchev–Trinajstić information content (AvgIpc) is 2.38. The number of carbonyl (C=O) groups excluding carboxylic acids is 2. The van der Waals surface area contributed by atoms with Crippen molar-refractivity contribution in [3.05, 3.63) is 0 Å². The van der Waals surface area contributed by atoms with Crippen molar-refractivity contribution < 1.29 is 14.3 Å². The van der Waals surface area contributed by atoms with Crippen molar-refractivity contribution >= 4 is 12.0 Å². The molecule has 1 aliphatic rings. The number of carbonyl (C=O) groups is 2. The van der Waals surface area contributed by atoms with Gasteiger partial charge < -0.3 is 15.0 Å². The fraction of sp³-hybridized carbons (Fsp3) is 0.867. The van der Waals surface area contributed by atoms with Crippen LogP contribution >= 0.6 is 0 Å². The maximum atomic E-state index is 11.9. The van der Waals surface area contributed by atoms with Crippen LogP contribution in [0.3, 0.4) is 0 Å². The third-order valence-corrected chi connectivity index (χ3v) is 3.82. The summed E-state index contributed by atoms with van der Waals surface area (Å²) < 4.78 is 5.08. The molecule has 5 heteroatoms. The maximum absolute atomic E-state index is 11.9. The van der Waals surface area contributed by atoms with Gasteiger partial charge in [-0.25, -0.2) is 4.79 Å². The Balaban J connectivity index is 2.70. The van der Waals surface area contributed by atoms with Gasteiger partial charge in [0, 0.05) is 25.0 Å². The van der Waals surface area contributed by atoms with Crippen molar-refractivity contribution in [2.45, 2.75) is 47.1 Å². The quantitative estimate of drug-likeness (QED) is 0.861. The van der Waals surface area contributed by atoms with E-state index in [9.17, 15) is 9.59 Å². The molecule has 5 nitrogen and oxygen atoms in total. The van der Waals surface area contributed by atoms with Crippen LogP contribution in [0.1, 0.15) is 41.0 Å². The van der Waals surface area contributed by atoms with Crippen molar-refractivity contribution in [1.82, 2.24) is 10.2 Å². The van der Waals surface area contributed by atoms with E-state index in [-0.39, 0.29) is 24.0 Å². The number of amides is 2. The van der Waals surface area contributed by atoms with Crippen LogP contribution in [0.15, 0.2) is 0 Å². The number of likely N-dealkylation sites (tertiary alicyclic amines) is 1. The van der Waals surface area contributed by atoms with E-state index in [2.05, 4.69) is 19.2 Å². The third kappa shape index (κ3) is 4.69. The third-order valence-electron chi connectivity index (χ3n) is 3.82. The molecule has 0 aromatic heterocycles. The molecule has 1 heterocycles. The summed E-state index contributed by atoms with van der Waals surface area (Å²) in [7, 11) is 0. The standard InChI is InChI=1S/C15H28N2O3/c1-6-20-15(19)17-8-12(10(2)3)7-13(9-17)16-14(18)11(4)5/h10-13H,6-9H2,1-5H3,(H,16,18). The molecule has 1 saturated heterocycles. The van der Waals surface area contributed by atoms with Crippen molar-refractivity contribution in [2.24, 2.45) is 17.8 Å². The number of hydrogen-bond donors (Lipinski definition) is 1. The summed E-state index contributed by atoms with van der Waals surface area (Å²) in [5.41, 5.74) is 0. The predicted octanol–water partition coefficient (Wildman–Crippen LogP) is 2.26. The molecule has 1 N–H and O–H groups in total. The summed E-state index contributed by atoms with van der Waals surface area (Å²) in [6.07, 6.45) is 0.646. The summed E-state index contributed by atoms with van der Waals surface area (Å²) in [5, 5.41) is 3.04. The van der Waals surface area contributed by atoms with Crippen molar-refractivity contribution in [1.29, 1.82) is 0 Å². The van der Waals surface area contributed by atoms with Gasteiger partial charge in [0.1, 0.15) is 0 Å². The van der Waals surface area contributed by atoms with E-state index in [1.807, 2.05) is 13.8 Å². The van der Waals surface area contributed by atoms with Crippen LogP contribution in [-0.4, -0.2) is 42.6 Å². The van der Waals surface area contributed by atoms with Gasteiger partial charge >= 0.3 is 6.09 Å². The molecule has 0 spiro atoms. The molecule has 0 aliphatic carbocycles. The first kappa shape index (κ1) is 16.8. The number of ether oxygens (including phenoxy) is 1. The molecule has 20 heavy (non-hydrogen) atoms. The Morgan fingerprint density at radius 3 is 2.40 bits per heavy atom. The highest BCUT2D eigenvalue weighted by atomic mass is 16.6. The average molecular weight is 284 g/mol. The highest BCUT2D eigenvalue weighted by Crippen LogP contribution is 2.24. The Morgan fingerprint density at radius 2 is 1.90 bits per heavy atom. The van der Waals surface area contributed by atoms with Crippen LogP contribution in [0.25, 0.3) is 0 Å². The Morgan fingerprint density at radius 1 is 1.25 bits per heavy atom. The number of rotatable bonds is 4. The Kier molecular flexibility index (Phi) is 6.30. The van der Waals surface area contributed by atoms with Gasteiger partial charge in [0.25, 0.3) is 0 Å². The summed E-state index contributed by atoms with van der Waals surface area (Å²) >= 11 is 0. The fourth-order valence-electron chi connectivity index (χ4n) is 2.46. The van der Waals surface area contributed by atoms with Gasteiger partial charge in [-0.05, 0) is 25.2 Å². The molecule has 1 rings (SSSR count). The predicted molar refractivity (Wildman–Crippen MR) is 78.3 cm³/mol. The molecular weight excluding hydrogens is 256 g/mol. The number of hydrogen-bond acceptors (Lipinski definition) is 3. The largest absolute Gasteiger partial charge is 0.450 e. The van der Waals surface area contributed by atoms with Crippen molar-refractivity contribution in [3.8, 4) is 0 Å². The number of nitrogens with one attached hydrogen (secondary N) is 1. The molecular formula is C15H28N2O3. The molecule has 0 aromatic carbocycles. The van der Waals surface area contributed by atoms with E-state index in [4.69, 9.17) is 4.74 Å². The summed E-state index contributed by atoms with van der Waals surface area (Å²) in [4.78, 5) is 25.5. The lowest BCUT2D eigenvalue weighted by atomic mass is 9.85. The second-order valence-electron chi connectivity index (χ2n) is 6.20. The van der Waals surface area contributed by atoms with Crippen LogP contribution in [0, 0.1) is 17.8 Å². The van der Waals surface area contributed by atoms with Crippen LogP contribution in [0.2, 0.25) is 0 Å². The molecule has 0 aromatic rings. The first-order valence-corrected chi connectivity index (χ1v) is 7.57. The van der Waals surface area contributed by atoms with Crippen molar-refractivity contribution in [3.63, 3.8) is 0 Å². The van der Waals surface area contributed by atoms with Gasteiger partial charge in [-0.3, -0.25) is 4.79 Å². The Hall–Kier alpha value is -1.26. The van der Waals surface area contributed by atoms with Gasteiger partial charge in [0.2, 0.25) is 5.91 Å². The zero-order valence-electron chi connectivity index (χ0n) is 13.3. The highest BCUT2D eigenvalue weighted by Gasteiger charge is 2.33. The van der Waals surface area contributed by atoms with Crippen LogP contribution in [0.4, 0.5) is 4.79 Å². The first-order chi connectivity index (χ1) is 9.35. The summed E-state index contributed by atoms with van der Waals surface area (Å²) in [5.74, 6) is 0.880. The molecule has 0 saturated carbocycles. The van der Waals surface area contributed by atoms with E-state index in [0.29, 0.717) is 31.5 Å². The fourth-order valence-corrected chi connectivity index (χ4v) is 2.46. The van der Waals surface area contributed by atoms with E-state index in [1.54, 1.807) is 11.8 Å². The molecule has 2 unspecified atom stereocenters. The first-order valence-electron chi connectivity index (χ1n) is 7.57. The second-order valence-corrected chi connectivity index (χ2v) is 6.20. The zero-order valence-corrected chi connectivity index (χ0v) is 13.3. The lowest BCUT2D eigenvalue weighted by molar-refractivity contribution is -0.125. The second kappa shape index (κ2) is 7.50. The lowest BCUT2D eigenvalue weighted by Crippen LogP contribution is -2.54. The smallest absolute Gasteiger partial charge is 0.409 e. The Labute approximate surface area is 122 Å². The molecule has 1 aliphatic heterocycles. The lowest BCUT2D eigenvalue weighted by Gasteiger charge is -2.39. The van der Waals surface area contributed by atoms with Gasteiger partial charge in [0.05, 0.1) is 6.61 Å². The van der Waals surface area contributed by atoms with Crippen LogP contribution in [-0.2, 0) is 9.53 Å². The zero-order chi connectivity index (χ0) is 15.3. The maximum Gasteiger partial charge on any atom is 0.409 e. The van der Waals surface area contributed by atoms with Crippen LogP contribution in [0.5, 0.6) is 0 Å². The summed E-state index contributed by atoms with van der Waals surface area (Å²) in [6.45, 7) is 11.5. The van der Waals surface area contributed by atoms with E-state index in [0.717, 1.165) is 6.42 Å². The minimum atomic E-state index is -0.276. The number of piperidine rings is 1. The highest BCUT2D eigenvalue weighted by molar-refractivity contribution is 5.78. The SMILES string of the molecule is CCOC(=O)N1CC(NC(=O)C(C)C)CC(C(C)C)C1. The van der Waals surface area contributed by atoms with Gasteiger partial charge in [0.15, 0.2) is 0 Å². The number of nitrogens with zero attached hydrogens (tertiary/aromatic N) is 1. The molecule has 0 radical (unpaired) electrons. The van der Waals surface area contributed by atoms with Gasteiger partial charge in [-0.15, -0.1) is 0 Å². The van der Waals surface area contributed by atoms with E-state index in [1.165, 1.54) is 0 Å². The van der Waals surface area contributed by atoms with Gasteiger partial charge in [-0.1, -0.05) is 27.7 Å². The minimum absolute atomic E-state index is 0.0236. The molecule has 0 bridgehead atoms. The monoisotopic (exact) mass is 284 g/mol. The molecule has 2 atom stereocenters. The van der Waals surface area contributed by atoms with E-state index >= 15 is 0 Å². The molecule has 2 amide bonds. The van der Waals surface area contributed by atoms with E-state index < -0.39 is 0 Å². The molecule has 1 fully saturated rings. The normalized spacial score (nSPS) is 23.1. The van der Waals surface area contributed by atoms with Crippen molar-refractivity contribution in [2.75, 3.05) is 19.7 Å². The van der Waals surface area contributed by atoms with Gasteiger partial charge in [-0.2, -0.15) is 0 Å². The molecule has 116 valence electrons.